The van der Waals surface area contributed by atoms with Crippen LogP contribution in [0.4, 0.5) is 5.69 Å². The Morgan fingerprint density at radius 2 is 1.83 bits per heavy atom. The van der Waals surface area contributed by atoms with Crippen molar-refractivity contribution in [3.63, 3.8) is 0 Å². The van der Waals surface area contributed by atoms with Gasteiger partial charge in [0.25, 0.3) is 5.91 Å². The standard InChI is InChI=1S/C17H20N2O4S/c1-3-11-19(2)24(22,23)16-6-4-5-13(12-16)17(21)18-14-7-9-15(20)10-8-14/h4-10,12,20H,3,11H2,1-2H3,(H,18,21). The first-order chi connectivity index (χ1) is 11.3. The lowest BCUT2D eigenvalue weighted by atomic mass is 10.2. The Hall–Kier alpha value is -2.38. The molecule has 0 aliphatic heterocycles. The summed E-state index contributed by atoms with van der Waals surface area (Å²) in [5.41, 5.74) is 0.753. The lowest BCUT2D eigenvalue weighted by Crippen LogP contribution is -2.27. The van der Waals surface area contributed by atoms with E-state index in [9.17, 15) is 18.3 Å². The summed E-state index contributed by atoms with van der Waals surface area (Å²) in [6.45, 7) is 2.31. The van der Waals surface area contributed by atoms with Gasteiger partial charge >= 0.3 is 0 Å². The number of hydrogen-bond acceptors (Lipinski definition) is 4. The SMILES string of the molecule is CCCN(C)S(=O)(=O)c1cccc(C(=O)Nc2ccc(O)cc2)c1. The van der Waals surface area contributed by atoms with E-state index in [-0.39, 0.29) is 16.2 Å². The molecule has 0 aromatic heterocycles. The van der Waals surface area contributed by atoms with Crippen LogP contribution in [-0.4, -0.2) is 37.3 Å². The van der Waals surface area contributed by atoms with E-state index in [0.29, 0.717) is 18.7 Å². The summed E-state index contributed by atoms with van der Waals surface area (Å²) in [6, 6.07) is 11.9. The summed E-state index contributed by atoms with van der Waals surface area (Å²) in [4.78, 5) is 12.4. The Bertz CT molecular complexity index is 817. The molecule has 2 N–H and O–H groups in total. The van der Waals surface area contributed by atoms with Gasteiger partial charge in [0, 0.05) is 24.8 Å². The van der Waals surface area contributed by atoms with Crippen LogP contribution >= 0.6 is 0 Å². The summed E-state index contributed by atoms with van der Waals surface area (Å²) in [5.74, 6) is -0.323. The number of nitrogens with zero attached hydrogens (tertiary/aromatic N) is 1. The number of amides is 1. The van der Waals surface area contributed by atoms with Gasteiger partial charge in [0.1, 0.15) is 5.75 Å². The molecule has 0 saturated heterocycles. The van der Waals surface area contributed by atoms with Crippen LogP contribution in [0.15, 0.2) is 53.4 Å². The molecule has 0 radical (unpaired) electrons. The molecule has 2 rings (SSSR count). The molecule has 0 atom stereocenters. The van der Waals surface area contributed by atoms with Crippen molar-refractivity contribution in [2.24, 2.45) is 0 Å². The van der Waals surface area contributed by atoms with Gasteiger partial charge in [-0.1, -0.05) is 13.0 Å². The van der Waals surface area contributed by atoms with Gasteiger partial charge < -0.3 is 10.4 Å². The Labute approximate surface area is 141 Å². The first-order valence-electron chi connectivity index (χ1n) is 7.51. The zero-order chi connectivity index (χ0) is 17.7. The molecule has 0 spiro atoms. The third-order valence-corrected chi connectivity index (χ3v) is 5.32. The highest BCUT2D eigenvalue weighted by molar-refractivity contribution is 7.89. The van der Waals surface area contributed by atoms with Crippen molar-refractivity contribution in [2.45, 2.75) is 18.2 Å². The average Bonchev–Trinajstić information content (AvgIpc) is 2.57. The second-order valence-corrected chi connectivity index (χ2v) is 7.40. The fourth-order valence-electron chi connectivity index (χ4n) is 2.16. The van der Waals surface area contributed by atoms with Gasteiger partial charge in [0.15, 0.2) is 0 Å². The highest BCUT2D eigenvalue weighted by Gasteiger charge is 2.21. The monoisotopic (exact) mass is 348 g/mol. The maximum Gasteiger partial charge on any atom is 0.255 e. The molecule has 6 nitrogen and oxygen atoms in total. The lowest BCUT2D eigenvalue weighted by Gasteiger charge is -2.16. The van der Waals surface area contributed by atoms with E-state index in [1.54, 1.807) is 24.3 Å². The molecule has 0 heterocycles. The van der Waals surface area contributed by atoms with Crippen molar-refractivity contribution in [1.29, 1.82) is 0 Å². The predicted octanol–water partition coefficient (Wildman–Crippen LogP) is 2.68. The van der Waals surface area contributed by atoms with E-state index in [1.165, 1.54) is 35.6 Å². The Morgan fingerprint density at radius 1 is 1.17 bits per heavy atom. The minimum Gasteiger partial charge on any atom is -0.508 e. The number of carbonyl (C=O) groups excluding carboxylic acids is 1. The van der Waals surface area contributed by atoms with Crippen LogP contribution in [0.1, 0.15) is 23.7 Å². The third-order valence-electron chi connectivity index (χ3n) is 3.47. The second kappa shape index (κ2) is 7.46. The number of phenolic OH excluding ortho intramolecular Hbond substituents is 1. The number of nitrogens with one attached hydrogen (secondary N) is 1. The number of hydrogen-bond donors (Lipinski definition) is 2. The molecular weight excluding hydrogens is 328 g/mol. The highest BCUT2D eigenvalue weighted by Crippen LogP contribution is 2.18. The molecule has 0 bridgehead atoms. The maximum atomic E-state index is 12.5. The van der Waals surface area contributed by atoms with Crippen LogP contribution in [-0.2, 0) is 10.0 Å². The summed E-state index contributed by atoms with van der Waals surface area (Å²) in [5, 5.41) is 11.9. The van der Waals surface area contributed by atoms with Gasteiger partial charge in [-0.3, -0.25) is 4.79 Å². The number of rotatable bonds is 6. The molecule has 2 aromatic rings. The first-order valence-corrected chi connectivity index (χ1v) is 8.95. The van der Waals surface area contributed by atoms with E-state index in [2.05, 4.69) is 5.32 Å². The molecule has 0 aliphatic carbocycles. The molecule has 0 unspecified atom stereocenters. The second-order valence-electron chi connectivity index (χ2n) is 5.36. The van der Waals surface area contributed by atoms with Crippen LogP contribution in [0.5, 0.6) is 5.75 Å². The number of benzene rings is 2. The molecule has 7 heteroatoms. The number of carbonyl (C=O) groups is 1. The van der Waals surface area contributed by atoms with E-state index >= 15 is 0 Å². The minimum absolute atomic E-state index is 0.0804. The fourth-order valence-corrected chi connectivity index (χ4v) is 3.47. The largest absolute Gasteiger partial charge is 0.508 e. The summed E-state index contributed by atoms with van der Waals surface area (Å²) >= 11 is 0. The van der Waals surface area contributed by atoms with Crippen LogP contribution < -0.4 is 5.32 Å². The van der Waals surface area contributed by atoms with Gasteiger partial charge in [-0.2, -0.15) is 0 Å². The third kappa shape index (κ3) is 4.12. The number of anilines is 1. The molecule has 0 saturated carbocycles. The average molecular weight is 348 g/mol. The van der Waals surface area contributed by atoms with Gasteiger partial charge in [-0.05, 0) is 48.9 Å². The molecule has 0 aliphatic rings. The van der Waals surface area contributed by atoms with Gasteiger partial charge in [0.2, 0.25) is 10.0 Å². The maximum absolute atomic E-state index is 12.5. The normalized spacial score (nSPS) is 11.5. The van der Waals surface area contributed by atoms with E-state index in [4.69, 9.17) is 0 Å². The number of phenols is 1. The van der Waals surface area contributed by atoms with Crippen LogP contribution in [0.25, 0.3) is 0 Å². The predicted molar refractivity (Wildman–Crippen MR) is 92.6 cm³/mol. The van der Waals surface area contributed by atoms with Crippen LogP contribution in [0, 0.1) is 0 Å². The smallest absolute Gasteiger partial charge is 0.255 e. The lowest BCUT2D eigenvalue weighted by molar-refractivity contribution is 0.102. The Morgan fingerprint density at radius 3 is 2.46 bits per heavy atom. The van der Waals surface area contributed by atoms with E-state index < -0.39 is 15.9 Å². The molecule has 24 heavy (non-hydrogen) atoms. The fraction of sp³-hybridized carbons (Fsp3) is 0.235. The van der Waals surface area contributed by atoms with Crippen LogP contribution in [0.3, 0.4) is 0 Å². The van der Waals surface area contributed by atoms with Crippen molar-refractivity contribution in [1.82, 2.24) is 4.31 Å². The molecule has 2 aromatic carbocycles. The van der Waals surface area contributed by atoms with Crippen molar-refractivity contribution < 1.29 is 18.3 Å². The number of sulfonamides is 1. The quantitative estimate of drug-likeness (QED) is 0.786. The van der Waals surface area contributed by atoms with Gasteiger partial charge in [-0.25, -0.2) is 12.7 Å². The molecule has 0 fully saturated rings. The highest BCUT2D eigenvalue weighted by atomic mass is 32.2. The minimum atomic E-state index is -3.62. The Balaban J connectivity index is 2.23. The van der Waals surface area contributed by atoms with Crippen molar-refractivity contribution in [3.05, 3.63) is 54.1 Å². The zero-order valence-electron chi connectivity index (χ0n) is 13.6. The first kappa shape index (κ1) is 18.0. The van der Waals surface area contributed by atoms with E-state index in [1.807, 2.05) is 6.92 Å². The molecule has 128 valence electrons. The summed E-state index contributed by atoms with van der Waals surface area (Å²) < 4.78 is 26.2. The van der Waals surface area contributed by atoms with Crippen LogP contribution in [0.2, 0.25) is 0 Å². The van der Waals surface area contributed by atoms with Crippen molar-refractivity contribution >= 4 is 21.6 Å². The van der Waals surface area contributed by atoms with E-state index in [0.717, 1.165) is 0 Å². The topological polar surface area (TPSA) is 86.7 Å². The zero-order valence-corrected chi connectivity index (χ0v) is 14.4. The van der Waals surface area contributed by atoms with Gasteiger partial charge in [-0.15, -0.1) is 0 Å². The van der Waals surface area contributed by atoms with Gasteiger partial charge in [0.05, 0.1) is 4.90 Å². The molecular formula is C17H20N2O4S. The number of aromatic hydroxyl groups is 1. The van der Waals surface area contributed by atoms with Crippen molar-refractivity contribution in [2.75, 3.05) is 18.9 Å². The molecule has 1 amide bonds. The summed E-state index contributed by atoms with van der Waals surface area (Å²) in [7, 11) is -2.10. The Kier molecular flexibility index (Phi) is 5.58. The van der Waals surface area contributed by atoms with Crippen molar-refractivity contribution in [3.8, 4) is 5.75 Å². The summed E-state index contributed by atoms with van der Waals surface area (Å²) in [6.07, 6.45) is 0.705.